The van der Waals surface area contributed by atoms with Crippen molar-refractivity contribution >= 4 is 0 Å². The van der Waals surface area contributed by atoms with Crippen LogP contribution >= 0.6 is 0 Å². The second-order valence-corrected chi connectivity index (χ2v) is 7.26. The lowest BCUT2D eigenvalue weighted by Crippen LogP contribution is -1.77. The second-order valence-electron chi connectivity index (χ2n) is 7.26. The van der Waals surface area contributed by atoms with Gasteiger partial charge in [-0.25, -0.2) is 0 Å². The van der Waals surface area contributed by atoms with Gasteiger partial charge in [0.05, 0.1) is 0 Å². The lowest BCUT2D eigenvalue weighted by molar-refractivity contribution is 0.614. The predicted molar refractivity (Wildman–Crippen MR) is 135 cm³/mol. The Labute approximate surface area is 187 Å². The minimum atomic E-state index is 0.982. The van der Waals surface area contributed by atoms with Crippen LogP contribution in [0.2, 0.25) is 0 Å². The molecule has 0 aromatic rings. The van der Waals surface area contributed by atoms with Crippen molar-refractivity contribution in [3.05, 3.63) is 36.5 Å². The van der Waals surface area contributed by atoms with Crippen LogP contribution in [-0.4, -0.2) is 0 Å². The van der Waals surface area contributed by atoms with E-state index in [1.807, 2.05) is 12.2 Å². The van der Waals surface area contributed by atoms with Gasteiger partial charge in [-0.2, -0.15) is 0 Å². The molecule has 0 saturated heterocycles. The van der Waals surface area contributed by atoms with Gasteiger partial charge in [-0.05, 0) is 49.3 Å². The molecular weight excluding hydrogens is 360 g/mol. The zero-order valence-corrected chi connectivity index (χ0v) is 19.4. The van der Waals surface area contributed by atoms with Crippen LogP contribution in [0.1, 0.15) is 104 Å². The van der Waals surface area contributed by atoms with E-state index in [-0.39, 0.29) is 0 Å². The van der Waals surface area contributed by atoms with E-state index in [2.05, 4.69) is 61.2 Å². The van der Waals surface area contributed by atoms with Gasteiger partial charge in [0.2, 0.25) is 0 Å². The molecule has 0 aromatic carbocycles. The highest BCUT2D eigenvalue weighted by Crippen LogP contribution is 2.06. The summed E-state index contributed by atoms with van der Waals surface area (Å²) >= 11 is 0. The van der Waals surface area contributed by atoms with Crippen LogP contribution in [0.3, 0.4) is 0 Å². The monoisotopic (exact) mass is 400 g/mol. The molecule has 0 spiro atoms. The highest BCUT2D eigenvalue weighted by molar-refractivity contribution is 5.33. The first kappa shape index (κ1) is 27.5. The van der Waals surface area contributed by atoms with E-state index in [4.69, 9.17) is 0 Å². The molecule has 0 bridgehead atoms. The SMILES string of the molecule is CCCCCCCCC#C/C=C/C#C/C=C/C#C/C=C/C#CCCCCCCCC. The minimum Gasteiger partial charge on any atom is -0.0985 e. The van der Waals surface area contributed by atoms with Gasteiger partial charge in [0, 0.05) is 12.8 Å². The lowest BCUT2D eigenvalue weighted by atomic mass is 10.1. The first-order chi connectivity index (χ1) is 14.9. The molecular formula is C30H40. The van der Waals surface area contributed by atoms with Gasteiger partial charge in [0.1, 0.15) is 0 Å². The molecule has 0 aromatic heterocycles. The molecule has 30 heavy (non-hydrogen) atoms. The Morgan fingerprint density at radius 2 is 0.667 bits per heavy atom. The topological polar surface area (TPSA) is 0 Å². The maximum Gasteiger partial charge on any atom is 0.00922 e. The van der Waals surface area contributed by atoms with E-state index < -0.39 is 0 Å². The Kier molecular flexibility index (Phi) is 24.2. The number of unbranched alkanes of at least 4 members (excludes halogenated alkanes) is 12. The molecule has 0 saturated carbocycles. The normalized spacial score (nSPS) is 10.1. The molecule has 0 rings (SSSR count). The summed E-state index contributed by atoms with van der Waals surface area (Å²) in [4.78, 5) is 0. The zero-order chi connectivity index (χ0) is 21.8. The third-order valence-corrected chi connectivity index (χ3v) is 4.43. The quantitative estimate of drug-likeness (QED) is 0.229. The van der Waals surface area contributed by atoms with Crippen molar-refractivity contribution in [2.24, 2.45) is 0 Å². The Balaban J connectivity index is 3.74. The first-order valence-corrected chi connectivity index (χ1v) is 11.9. The standard InChI is InChI=1S/C30H40/c1-3-5-7-9-11-13-15-17-19-21-23-25-27-29-30-28-26-24-22-20-18-16-14-12-10-8-6-4-2/h21-24,29-30H,3-16H2,1-2H3/b23-21+,24-22+,30-29+. The Morgan fingerprint density at radius 3 is 1.03 bits per heavy atom. The molecule has 0 aliphatic carbocycles. The summed E-state index contributed by atoms with van der Waals surface area (Å²) in [5.74, 6) is 24.1. The Morgan fingerprint density at radius 1 is 0.367 bits per heavy atom. The van der Waals surface area contributed by atoms with Gasteiger partial charge in [-0.15, -0.1) is 0 Å². The second kappa shape index (κ2) is 26.5. The first-order valence-electron chi connectivity index (χ1n) is 11.9. The largest absolute Gasteiger partial charge is 0.0985 e. The van der Waals surface area contributed by atoms with E-state index in [0.29, 0.717) is 0 Å². The third-order valence-electron chi connectivity index (χ3n) is 4.43. The summed E-state index contributed by atoms with van der Waals surface area (Å²) in [7, 11) is 0. The van der Waals surface area contributed by atoms with E-state index >= 15 is 0 Å². The van der Waals surface area contributed by atoms with E-state index in [9.17, 15) is 0 Å². The van der Waals surface area contributed by atoms with Crippen molar-refractivity contribution in [2.75, 3.05) is 0 Å². The van der Waals surface area contributed by atoms with E-state index in [1.54, 1.807) is 24.3 Å². The fraction of sp³-hybridized carbons (Fsp3) is 0.533. The molecule has 0 aliphatic heterocycles. The summed E-state index contributed by atoms with van der Waals surface area (Å²) < 4.78 is 0. The summed E-state index contributed by atoms with van der Waals surface area (Å²) in [6.07, 6.45) is 28.4. The fourth-order valence-corrected chi connectivity index (χ4v) is 2.69. The van der Waals surface area contributed by atoms with Crippen molar-refractivity contribution in [2.45, 2.75) is 104 Å². The van der Waals surface area contributed by atoms with Crippen molar-refractivity contribution in [1.82, 2.24) is 0 Å². The lowest BCUT2D eigenvalue weighted by Gasteiger charge is -1.96. The summed E-state index contributed by atoms with van der Waals surface area (Å²) in [6.45, 7) is 4.49. The molecule has 0 heterocycles. The third kappa shape index (κ3) is 25.5. The maximum absolute atomic E-state index is 3.17. The summed E-state index contributed by atoms with van der Waals surface area (Å²) in [5.41, 5.74) is 0. The van der Waals surface area contributed by atoms with Crippen molar-refractivity contribution in [1.29, 1.82) is 0 Å². The summed E-state index contributed by atoms with van der Waals surface area (Å²) in [5, 5.41) is 0. The van der Waals surface area contributed by atoms with Crippen LogP contribution in [0.15, 0.2) is 36.5 Å². The molecule has 0 radical (unpaired) electrons. The molecule has 160 valence electrons. The fourth-order valence-electron chi connectivity index (χ4n) is 2.69. The number of allylic oxidation sites excluding steroid dienone is 6. The zero-order valence-electron chi connectivity index (χ0n) is 19.4. The average molecular weight is 401 g/mol. The number of hydrogen-bond donors (Lipinski definition) is 0. The number of hydrogen-bond acceptors (Lipinski definition) is 0. The molecule has 0 N–H and O–H groups in total. The molecule has 0 atom stereocenters. The van der Waals surface area contributed by atoms with Crippen LogP contribution < -0.4 is 0 Å². The number of rotatable bonds is 12. The van der Waals surface area contributed by atoms with Crippen LogP contribution in [0, 0.1) is 47.4 Å². The molecule has 0 unspecified atom stereocenters. The smallest absolute Gasteiger partial charge is 0.00922 e. The molecule has 0 nitrogen and oxygen atoms in total. The van der Waals surface area contributed by atoms with Crippen molar-refractivity contribution in [3.8, 4) is 47.4 Å². The molecule has 0 amide bonds. The van der Waals surface area contributed by atoms with E-state index in [0.717, 1.165) is 12.8 Å². The van der Waals surface area contributed by atoms with Crippen LogP contribution in [-0.2, 0) is 0 Å². The van der Waals surface area contributed by atoms with Gasteiger partial charge < -0.3 is 0 Å². The summed E-state index contributed by atoms with van der Waals surface area (Å²) in [6, 6.07) is 0. The van der Waals surface area contributed by atoms with Gasteiger partial charge in [0.15, 0.2) is 0 Å². The van der Waals surface area contributed by atoms with Crippen molar-refractivity contribution < 1.29 is 0 Å². The van der Waals surface area contributed by atoms with Crippen LogP contribution in [0.5, 0.6) is 0 Å². The van der Waals surface area contributed by atoms with Gasteiger partial charge in [0.25, 0.3) is 0 Å². The van der Waals surface area contributed by atoms with Gasteiger partial charge in [-0.3, -0.25) is 0 Å². The average Bonchev–Trinajstić information content (AvgIpc) is 2.76. The Bertz CT molecular complexity index is 650. The predicted octanol–water partition coefficient (Wildman–Crippen LogP) is 8.17. The molecule has 0 aliphatic rings. The maximum atomic E-state index is 3.17. The van der Waals surface area contributed by atoms with Gasteiger partial charge in [-0.1, -0.05) is 125 Å². The Hall–Kier alpha value is -2.54. The van der Waals surface area contributed by atoms with E-state index in [1.165, 1.54) is 77.0 Å². The minimum absolute atomic E-state index is 0.982. The van der Waals surface area contributed by atoms with Gasteiger partial charge >= 0.3 is 0 Å². The van der Waals surface area contributed by atoms with Crippen LogP contribution in [0.4, 0.5) is 0 Å². The molecule has 0 fully saturated rings. The highest BCUT2D eigenvalue weighted by Gasteiger charge is 1.88. The van der Waals surface area contributed by atoms with Crippen LogP contribution in [0.25, 0.3) is 0 Å². The highest BCUT2D eigenvalue weighted by atomic mass is 13.9. The van der Waals surface area contributed by atoms with Crippen molar-refractivity contribution in [3.63, 3.8) is 0 Å². The molecule has 0 heteroatoms.